The van der Waals surface area contributed by atoms with Crippen molar-refractivity contribution in [2.45, 2.75) is 45.3 Å². The van der Waals surface area contributed by atoms with Gasteiger partial charge in [-0.05, 0) is 49.8 Å². The summed E-state index contributed by atoms with van der Waals surface area (Å²) in [5.41, 5.74) is 1.37. The number of ether oxygens (including phenoxy) is 2. The molecule has 0 atom stereocenters. The van der Waals surface area contributed by atoms with Crippen LogP contribution in [0, 0.1) is 5.92 Å². The lowest BCUT2D eigenvalue weighted by atomic mass is 9.89. The number of nitrogens with zero attached hydrogens (tertiary/aromatic N) is 1. The molecule has 1 heterocycles. The number of esters is 1. The third kappa shape index (κ3) is 3.45. The van der Waals surface area contributed by atoms with E-state index in [0.29, 0.717) is 11.3 Å². The number of fused-ring (bicyclic) bond motifs is 1. The van der Waals surface area contributed by atoms with E-state index in [0.717, 1.165) is 48.8 Å². The van der Waals surface area contributed by atoms with Crippen molar-refractivity contribution in [3.63, 3.8) is 0 Å². The molecule has 2 aromatic rings. The minimum Gasteiger partial charge on any atom is -0.497 e. The molecule has 128 valence electrons. The van der Waals surface area contributed by atoms with Gasteiger partial charge in [0.2, 0.25) is 0 Å². The molecule has 3 rings (SSSR count). The highest BCUT2D eigenvalue weighted by atomic mass is 16.5. The first kappa shape index (κ1) is 16.6. The maximum Gasteiger partial charge on any atom is 0.326 e. The Morgan fingerprint density at radius 1 is 1.29 bits per heavy atom. The second-order valence-corrected chi connectivity index (χ2v) is 6.59. The van der Waals surface area contributed by atoms with Crippen molar-refractivity contribution in [2.24, 2.45) is 5.92 Å². The largest absolute Gasteiger partial charge is 0.497 e. The lowest BCUT2D eigenvalue weighted by Crippen LogP contribution is -2.25. The van der Waals surface area contributed by atoms with E-state index in [1.807, 2.05) is 18.2 Å². The van der Waals surface area contributed by atoms with Gasteiger partial charge in [-0.3, -0.25) is 9.59 Å². The molecule has 1 aromatic heterocycles. The van der Waals surface area contributed by atoms with Crippen molar-refractivity contribution in [3.8, 4) is 5.75 Å². The first-order valence-electron chi connectivity index (χ1n) is 8.42. The topological polar surface area (TPSA) is 57.5 Å². The summed E-state index contributed by atoms with van der Waals surface area (Å²) >= 11 is 0. The summed E-state index contributed by atoms with van der Waals surface area (Å²) in [6, 6.07) is 5.49. The number of aldehydes is 1. The van der Waals surface area contributed by atoms with Crippen molar-refractivity contribution >= 4 is 23.2 Å². The van der Waals surface area contributed by atoms with Gasteiger partial charge in [-0.25, -0.2) is 0 Å². The van der Waals surface area contributed by atoms with Gasteiger partial charge in [0.05, 0.1) is 7.11 Å². The fourth-order valence-corrected chi connectivity index (χ4v) is 3.37. The standard InChI is InChI=1S/C19H23NO4/c1-13-3-5-15(6-4-13)24-19(22)11-20-10-14(12-21)17-9-16(23-2)7-8-18(17)20/h7-10,12-13,15H,3-6,11H2,1-2H3. The summed E-state index contributed by atoms with van der Waals surface area (Å²) in [4.78, 5) is 23.6. The van der Waals surface area contributed by atoms with Crippen LogP contribution in [0.5, 0.6) is 5.75 Å². The van der Waals surface area contributed by atoms with Crippen LogP contribution in [0.2, 0.25) is 0 Å². The monoisotopic (exact) mass is 329 g/mol. The molecule has 1 aromatic carbocycles. The van der Waals surface area contributed by atoms with Gasteiger partial charge in [-0.2, -0.15) is 0 Å². The maximum atomic E-state index is 12.3. The Bertz CT molecular complexity index is 741. The first-order chi connectivity index (χ1) is 11.6. The second kappa shape index (κ2) is 7.07. The summed E-state index contributed by atoms with van der Waals surface area (Å²) in [7, 11) is 1.58. The van der Waals surface area contributed by atoms with Crippen LogP contribution in [0.1, 0.15) is 43.0 Å². The number of rotatable bonds is 5. The average molecular weight is 329 g/mol. The predicted octanol–water partition coefficient (Wildman–Crippen LogP) is 3.58. The smallest absolute Gasteiger partial charge is 0.326 e. The summed E-state index contributed by atoms with van der Waals surface area (Å²) in [5, 5.41) is 0.781. The third-order valence-electron chi connectivity index (χ3n) is 4.81. The summed E-state index contributed by atoms with van der Waals surface area (Å²) in [6.45, 7) is 2.35. The zero-order valence-electron chi connectivity index (χ0n) is 14.2. The zero-order chi connectivity index (χ0) is 17.1. The highest BCUT2D eigenvalue weighted by Crippen LogP contribution is 2.27. The van der Waals surface area contributed by atoms with Gasteiger partial charge in [0.25, 0.3) is 0 Å². The molecule has 0 spiro atoms. The number of aromatic nitrogens is 1. The van der Waals surface area contributed by atoms with Gasteiger partial charge < -0.3 is 14.0 Å². The van der Waals surface area contributed by atoms with Crippen LogP contribution in [0.25, 0.3) is 10.9 Å². The van der Waals surface area contributed by atoms with Gasteiger partial charge in [-0.15, -0.1) is 0 Å². The van der Waals surface area contributed by atoms with E-state index in [9.17, 15) is 9.59 Å². The van der Waals surface area contributed by atoms with E-state index < -0.39 is 0 Å². The van der Waals surface area contributed by atoms with Gasteiger partial charge in [0.15, 0.2) is 6.29 Å². The third-order valence-corrected chi connectivity index (χ3v) is 4.81. The van der Waals surface area contributed by atoms with E-state index in [-0.39, 0.29) is 18.6 Å². The molecule has 1 saturated carbocycles. The Morgan fingerprint density at radius 3 is 2.71 bits per heavy atom. The summed E-state index contributed by atoms with van der Waals surface area (Å²) in [6.07, 6.45) is 6.62. The summed E-state index contributed by atoms with van der Waals surface area (Å²) < 4.78 is 12.6. The quantitative estimate of drug-likeness (QED) is 0.621. The number of methoxy groups -OCH3 is 1. The van der Waals surface area contributed by atoms with Gasteiger partial charge in [0.1, 0.15) is 18.4 Å². The highest BCUT2D eigenvalue weighted by molar-refractivity contribution is 5.98. The van der Waals surface area contributed by atoms with Crippen molar-refractivity contribution in [2.75, 3.05) is 7.11 Å². The minimum absolute atomic E-state index is 0.0289. The molecule has 24 heavy (non-hydrogen) atoms. The lowest BCUT2D eigenvalue weighted by Gasteiger charge is -2.26. The van der Waals surface area contributed by atoms with Crippen molar-refractivity contribution in [1.29, 1.82) is 0 Å². The van der Waals surface area contributed by atoms with Crippen LogP contribution in [-0.2, 0) is 16.1 Å². The Balaban J connectivity index is 1.74. The van der Waals surface area contributed by atoms with Gasteiger partial charge >= 0.3 is 5.97 Å². The Hall–Kier alpha value is -2.30. The molecule has 5 heteroatoms. The molecular formula is C19H23NO4. The van der Waals surface area contributed by atoms with Crippen LogP contribution in [0.4, 0.5) is 0 Å². The number of hydrogen-bond acceptors (Lipinski definition) is 4. The SMILES string of the molecule is COc1ccc2c(c1)c(C=O)cn2CC(=O)OC1CCC(C)CC1. The Kier molecular flexibility index (Phi) is 4.88. The highest BCUT2D eigenvalue weighted by Gasteiger charge is 2.22. The lowest BCUT2D eigenvalue weighted by molar-refractivity contribution is -0.151. The van der Waals surface area contributed by atoms with Crippen molar-refractivity contribution in [1.82, 2.24) is 4.57 Å². The van der Waals surface area contributed by atoms with Crippen LogP contribution < -0.4 is 4.74 Å². The van der Waals surface area contributed by atoms with Crippen LogP contribution in [-0.4, -0.2) is 30.0 Å². The molecule has 0 N–H and O–H groups in total. The fourth-order valence-electron chi connectivity index (χ4n) is 3.37. The molecule has 1 aliphatic rings. The van der Waals surface area contributed by atoms with E-state index in [2.05, 4.69) is 6.92 Å². The van der Waals surface area contributed by atoms with Crippen LogP contribution in [0.3, 0.4) is 0 Å². The molecule has 0 amide bonds. The average Bonchev–Trinajstić information content (AvgIpc) is 2.93. The molecule has 5 nitrogen and oxygen atoms in total. The molecule has 0 bridgehead atoms. The van der Waals surface area contributed by atoms with Crippen LogP contribution >= 0.6 is 0 Å². The maximum absolute atomic E-state index is 12.3. The number of benzene rings is 1. The normalized spacial score (nSPS) is 20.8. The Morgan fingerprint density at radius 2 is 2.04 bits per heavy atom. The molecule has 0 radical (unpaired) electrons. The van der Waals surface area contributed by atoms with E-state index >= 15 is 0 Å². The molecule has 1 fully saturated rings. The van der Waals surface area contributed by atoms with Gasteiger partial charge in [-0.1, -0.05) is 6.92 Å². The molecule has 0 unspecified atom stereocenters. The van der Waals surface area contributed by atoms with Crippen molar-refractivity contribution < 1.29 is 19.1 Å². The fraction of sp³-hybridized carbons (Fsp3) is 0.474. The number of carbonyl (C=O) groups is 2. The first-order valence-corrected chi connectivity index (χ1v) is 8.42. The van der Waals surface area contributed by atoms with Crippen molar-refractivity contribution in [3.05, 3.63) is 30.0 Å². The molecule has 0 aliphatic heterocycles. The van der Waals surface area contributed by atoms with Gasteiger partial charge in [0, 0.05) is 22.7 Å². The van der Waals surface area contributed by atoms with E-state index in [4.69, 9.17) is 9.47 Å². The minimum atomic E-state index is -0.250. The number of carbonyl (C=O) groups excluding carboxylic acids is 2. The molecule has 0 saturated heterocycles. The zero-order valence-corrected chi connectivity index (χ0v) is 14.2. The Labute approximate surface area is 141 Å². The molecular weight excluding hydrogens is 306 g/mol. The summed E-state index contributed by atoms with van der Waals surface area (Å²) in [5.74, 6) is 1.15. The molecule has 1 aliphatic carbocycles. The number of hydrogen-bond donors (Lipinski definition) is 0. The van der Waals surface area contributed by atoms with E-state index in [1.54, 1.807) is 17.9 Å². The second-order valence-electron chi connectivity index (χ2n) is 6.59. The predicted molar refractivity (Wildman–Crippen MR) is 91.4 cm³/mol. The van der Waals surface area contributed by atoms with Crippen LogP contribution in [0.15, 0.2) is 24.4 Å². The van der Waals surface area contributed by atoms with E-state index in [1.165, 1.54) is 0 Å².